The average Bonchev–Trinajstić information content (AvgIpc) is 3.42. The van der Waals surface area contributed by atoms with Crippen LogP contribution in [0.1, 0.15) is 53.0 Å². The summed E-state index contributed by atoms with van der Waals surface area (Å²) >= 11 is 0. The number of H-pyrrole nitrogens is 1. The van der Waals surface area contributed by atoms with Crippen molar-refractivity contribution in [3.8, 4) is 11.1 Å². The molecular formula is C32H26F5N5O. The Hall–Kier alpha value is -4.54. The summed E-state index contributed by atoms with van der Waals surface area (Å²) in [6, 6.07) is 13.6. The second-order valence-corrected chi connectivity index (χ2v) is 11.3. The summed E-state index contributed by atoms with van der Waals surface area (Å²) in [6.45, 7) is -0.423. The van der Waals surface area contributed by atoms with Crippen LogP contribution in [0.5, 0.6) is 0 Å². The highest BCUT2D eigenvalue weighted by Crippen LogP contribution is 2.56. The Labute approximate surface area is 242 Å². The van der Waals surface area contributed by atoms with E-state index in [1.54, 1.807) is 12.3 Å². The molecule has 3 heterocycles. The molecule has 1 fully saturated rings. The van der Waals surface area contributed by atoms with Crippen molar-refractivity contribution in [1.82, 2.24) is 25.1 Å². The summed E-state index contributed by atoms with van der Waals surface area (Å²) in [4.78, 5) is 21.3. The molecule has 5 aromatic rings. The standard InChI is InChI=1S/C32H26F5N5O/c33-21-10-17(11-22(34)15-21)12-27(29-23(2-1-8-39-29)18-4-6-26-20(13-18)7-9-38-26)40-28(43)16-42-30-24(5-3-19-14-25(19)30)31(41-42)32(35,36)37/h1-2,4,6-11,13,15,19,25,27,38H,3,5,12,14,16H2,(H,40,43)/t19?,25?,27-/m0/s1. The van der Waals surface area contributed by atoms with Crippen LogP contribution in [-0.4, -0.2) is 25.7 Å². The number of aromatic amines is 1. The molecule has 220 valence electrons. The smallest absolute Gasteiger partial charge is 0.361 e. The summed E-state index contributed by atoms with van der Waals surface area (Å²) in [5.74, 6) is -1.82. The zero-order valence-corrected chi connectivity index (χ0v) is 22.8. The van der Waals surface area contributed by atoms with Gasteiger partial charge >= 0.3 is 6.18 Å². The molecule has 3 aromatic heterocycles. The topological polar surface area (TPSA) is 75.6 Å². The average molecular weight is 592 g/mol. The van der Waals surface area contributed by atoms with Crippen molar-refractivity contribution in [3.05, 3.63) is 107 Å². The van der Waals surface area contributed by atoms with E-state index in [1.165, 1.54) is 16.8 Å². The van der Waals surface area contributed by atoms with Gasteiger partial charge in [0.15, 0.2) is 5.69 Å². The maximum Gasteiger partial charge on any atom is 0.435 e. The lowest BCUT2D eigenvalue weighted by molar-refractivity contribution is -0.142. The third-order valence-corrected chi connectivity index (χ3v) is 8.42. The Morgan fingerprint density at radius 3 is 2.70 bits per heavy atom. The molecular weight excluding hydrogens is 565 g/mol. The first-order valence-corrected chi connectivity index (χ1v) is 14.1. The fraction of sp³-hybridized carbons (Fsp3) is 0.281. The maximum atomic E-state index is 14.1. The Kier molecular flexibility index (Phi) is 6.55. The number of carbonyl (C=O) groups is 1. The van der Waals surface area contributed by atoms with E-state index in [9.17, 15) is 26.7 Å². The van der Waals surface area contributed by atoms with E-state index in [0.29, 0.717) is 29.3 Å². The van der Waals surface area contributed by atoms with Crippen molar-refractivity contribution >= 4 is 16.8 Å². The van der Waals surface area contributed by atoms with Crippen LogP contribution in [0.4, 0.5) is 22.0 Å². The van der Waals surface area contributed by atoms with Gasteiger partial charge in [-0.1, -0.05) is 12.1 Å². The molecule has 0 spiro atoms. The van der Waals surface area contributed by atoms with Crippen LogP contribution in [0.15, 0.2) is 67.0 Å². The molecule has 3 atom stereocenters. The Morgan fingerprint density at radius 2 is 1.91 bits per heavy atom. The van der Waals surface area contributed by atoms with Gasteiger partial charge in [-0.3, -0.25) is 14.5 Å². The number of halogens is 5. The molecule has 6 nitrogen and oxygen atoms in total. The normalized spacial score (nSPS) is 18.3. The number of benzene rings is 2. The van der Waals surface area contributed by atoms with E-state index in [4.69, 9.17) is 0 Å². The van der Waals surface area contributed by atoms with Crippen LogP contribution >= 0.6 is 0 Å². The number of amides is 1. The molecule has 11 heteroatoms. The molecule has 0 saturated heterocycles. The molecule has 2 aromatic carbocycles. The largest absolute Gasteiger partial charge is 0.435 e. The molecule has 0 radical (unpaired) electrons. The second kappa shape index (κ2) is 10.3. The van der Waals surface area contributed by atoms with Crippen molar-refractivity contribution in [1.29, 1.82) is 0 Å². The quantitative estimate of drug-likeness (QED) is 0.203. The fourth-order valence-electron chi connectivity index (χ4n) is 6.47. The molecule has 2 aliphatic rings. The number of carbonyl (C=O) groups excluding carboxylic acids is 1. The molecule has 2 aliphatic carbocycles. The molecule has 1 amide bonds. The third-order valence-electron chi connectivity index (χ3n) is 8.42. The zero-order valence-electron chi connectivity index (χ0n) is 22.8. The molecule has 7 rings (SSSR count). The number of rotatable bonds is 7. The van der Waals surface area contributed by atoms with Crippen LogP contribution in [0.2, 0.25) is 0 Å². The van der Waals surface area contributed by atoms with E-state index >= 15 is 0 Å². The monoisotopic (exact) mass is 591 g/mol. The summed E-state index contributed by atoms with van der Waals surface area (Å²) in [5.41, 5.74) is 2.93. The maximum absolute atomic E-state index is 14.1. The number of pyridine rings is 1. The number of nitrogens with one attached hydrogen (secondary N) is 2. The van der Waals surface area contributed by atoms with Gasteiger partial charge in [-0.05, 0) is 84.5 Å². The van der Waals surface area contributed by atoms with E-state index in [1.807, 2.05) is 36.5 Å². The molecule has 2 N–H and O–H groups in total. The van der Waals surface area contributed by atoms with E-state index < -0.39 is 42.0 Å². The summed E-state index contributed by atoms with van der Waals surface area (Å²) in [6.07, 6.45) is 0.501. The molecule has 0 bridgehead atoms. The van der Waals surface area contributed by atoms with Crippen LogP contribution in [0.3, 0.4) is 0 Å². The van der Waals surface area contributed by atoms with E-state index in [0.717, 1.165) is 29.0 Å². The van der Waals surface area contributed by atoms with Gasteiger partial charge in [-0.2, -0.15) is 18.3 Å². The van der Waals surface area contributed by atoms with Gasteiger partial charge in [-0.15, -0.1) is 0 Å². The molecule has 1 saturated carbocycles. The summed E-state index contributed by atoms with van der Waals surface area (Å²) < 4.78 is 71.0. The first kappa shape index (κ1) is 27.3. The number of fused-ring (bicyclic) bond motifs is 4. The van der Waals surface area contributed by atoms with Crippen molar-refractivity contribution < 1.29 is 26.7 Å². The van der Waals surface area contributed by atoms with Crippen LogP contribution in [-0.2, 0) is 30.4 Å². The molecule has 43 heavy (non-hydrogen) atoms. The predicted molar refractivity (Wildman–Crippen MR) is 149 cm³/mol. The Balaban J connectivity index is 1.24. The minimum atomic E-state index is -4.62. The fourth-order valence-corrected chi connectivity index (χ4v) is 6.47. The first-order chi connectivity index (χ1) is 20.6. The van der Waals surface area contributed by atoms with Gasteiger partial charge in [0.1, 0.15) is 18.2 Å². The second-order valence-electron chi connectivity index (χ2n) is 11.3. The van der Waals surface area contributed by atoms with Crippen LogP contribution < -0.4 is 5.32 Å². The van der Waals surface area contributed by atoms with Gasteiger partial charge in [0.05, 0.1) is 11.7 Å². The van der Waals surface area contributed by atoms with Crippen LogP contribution in [0, 0.1) is 17.6 Å². The van der Waals surface area contributed by atoms with E-state index in [2.05, 4.69) is 20.4 Å². The van der Waals surface area contributed by atoms with Crippen molar-refractivity contribution in [3.63, 3.8) is 0 Å². The van der Waals surface area contributed by atoms with E-state index in [-0.39, 0.29) is 29.9 Å². The lowest BCUT2D eigenvalue weighted by Crippen LogP contribution is -2.34. The highest BCUT2D eigenvalue weighted by atomic mass is 19.4. The van der Waals surface area contributed by atoms with Gasteiger partial charge in [0, 0.05) is 46.7 Å². The lowest BCUT2D eigenvalue weighted by atomic mass is 9.94. The number of nitrogens with zero attached hydrogens (tertiary/aromatic N) is 3. The van der Waals surface area contributed by atoms with Crippen LogP contribution in [0.25, 0.3) is 22.0 Å². The highest BCUT2D eigenvalue weighted by molar-refractivity contribution is 5.85. The Bertz CT molecular complexity index is 1840. The summed E-state index contributed by atoms with van der Waals surface area (Å²) in [5, 5.41) is 7.73. The van der Waals surface area contributed by atoms with Gasteiger partial charge in [0.25, 0.3) is 0 Å². The Morgan fingerprint density at radius 1 is 1.09 bits per heavy atom. The zero-order chi connectivity index (χ0) is 29.9. The lowest BCUT2D eigenvalue weighted by Gasteiger charge is -2.22. The first-order valence-electron chi connectivity index (χ1n) is 14.1. The summed E-state index contributed by atoms with van der Waals surface area (Å²) in [7, 11) is 0. The minimum Gasteiger partial charge on any atom is -0.361 e. The third kappa shape index (κ3) is 5.28. The predicted octanol–water partition coefficient (Wildman–Crippen LogP) is 6.87. The SMILES string of the molecule is O=C(Cn1nc(C(F)(F)F)c2c1C1CC1CC2)N[C@@H](Cc1cc(F)cc(F)c1)c1ncccc1-c1ccc2[nH]ccc2c1. The van der Waals surface area contributed by atoms with Crippen molar-refractivity contribution in [2.24, 2.45) is 5.92 Å². The number of hydrogen-bond donors (Lipinski definition) is 2. The number of alkyl halides is 3. The van der Waals surface area contributed by atoms with Gasteiger partial charge in [-0.25, -0.2) is 8.78 Å². The number of hydrogen-bond acceptors (Lipinski definition) is 3. The van der Waals surface area contributed by atoms with Gasteiger partial charge in [0.2, 0.25) is 5.91 Å². The van der Waals surface area contributed by atoms with Crippen molar-refractivity contribution in [2.45, 2.75) is 50.4 Å². The van der Waals surface area contributed by atoms with Crippen molar-refractivity contribution in [2.75, 3.05) is 0 Å². The number of aromatic nitrogens is 4. The van der Waals surface area contributed by atoms with Gasteiger partial charge < -0.3 is 10.3 Å². The minimum absolute atomic E-state index is 0.00739. The molecule has 0 aliphatic heterocycles. The molecule has 2 unspecified atom stereocenters. The highest BCUT2D eigenvalue weighted by Gasteiger charge is 2.49.